The van der Waals surface area contributed by atoms with Gasteiger partial charge in [0.1, 0.15) is 11.6 Å². The van der Waals surface area contributed by atoms with Crippen LogP contribution in [0.15, 0.2) is 79.1 Å². The fourth-order valence-corrected chi connectivity index (χ4v) is 4.84. The molecule has 4 nitrogen and oxygen atoms in total. The summed E-state index contributed by atoms with van der Waals surface area (Å²) in [6.45, 7) is 2.44. The first-order valence-corrected chi connectivity index (χ1v) is 13.0. The third-order valence-corrected chi connectivity index (χ3v) is 7.25. The van der Waals surface area contributed by atoms with E-state index >= 15 is 0 Å². The Kier molecular flexibility index (Phi) is 9.34. The van der Waals surface area contributed by atoms with Crippen LogP contribution in [0.25, 0.3) is 0 Å². The van der Waals surface area contributed by atoms with E-state index in [-0.39, 0.29) is 6.61 Å². The number of nitrogens with zero attached hydrogens (tertiary/aromatic N) is 2. The van der Waals surface area contributed by atoms with Crippen molar-refractivity contribution in [3.8, 4) is 0 Å². The number of alkyl halides is 1. The van der Waals surface area contributed by atoms with Crippen molar-refractivity contribution < 1.29 is 4.74 Å². The molecule has 4 rings (SSSR count). The van der Waals surface area contributed by atoms with E-state index < -0.39 is 11.6 Å². The van der Waals surface area contributed by atoms with E-state index in [1.54, 1.807) is 12.1 Å². The fraction of sp³-hybridized carbons (Fsp3) is 0.231. The first-order chi connectivity index (χ1) is 16.9. The molecule has 1 heterocycles. The minimum Gasteiger partial charge on any atom is -0.382 e. The third-order valence-electron chi connectivity index (χ3n) is 5.60. The number of anilines is 1. The standard InChI is InChI=1S/C26H24Cl5N3O/c27-20-8-5-18(6-9-20)25(35-16-19-7-10-21(28)15-23(19)30)26(31)34-14-13-33(17-34)12-11-32-24-4-2-1-3-22(24)29/h1-10,13-15,25-26,32H,11-12,16-17H2. The molecule has 0 bridgehead atoms. The zero-order valence-electron chi connectivity index (χ0n) is 18.7. The summed E-state index contributed by atoms with van der Waals surface area (Å²) in [7, 11) is 0. The molecule has 2 atom stereocenters. The van der Waals surface area contributed by atoms with Crippen molar-refractivity contribution in [2.24, 2.45) is 0 Å². The fourth-order valence-electron chi connectivity index (χ4n) is 3.71. The van der Waals surface area contributed by atoms with Gasteiger partial charge in [-0.05, 0) is 47.5 Å². The molecule has 0 radical (unpaired) electrons. The third kappa shape index (κ3) is 7.13. The van der Waals surface area contributed by atoms with E-state index in [2.05, 4.69) is 10.2 Å². The van der Waals surface area contributed by atoms with Gasteiger partial charge in [-0.15, -0.1) is 0 Å². The highest BCUT2D eigenvalue weighted by Crippen LogP contribution is 2.33. The van der Waals surface area contributed by atoms with Gasteiger partial charge in [0, 0.05) is 40.6 Å². The molecular weight excluding hydrogens is 548 g/mol. The summed E-state index contributed by atoms with van der Waals surface area (Å²) in [4.78, 5) is 4.22. The van der Waals surface area contributed by atoms with Crippen molar-refractivity contribution in [2.75, 3.05) is 25.1 Å². The molecule has 1 aliphatic rings. The lowest BCUT2D eigenvalue weighted by atomic mass is 10.1. The lowest BCUT2D eigenvalue weighted by Gasteiger charge is -2.31. The van der Waals surface area contributed by atoms with Crippen molar-refractivity contribution in [1.82, 2.24) is 9.80 Å². The molecule has 0 aliphatic carbocycles. The highest BCUT2D eigenvalue weighted by Gasteiger charge is 2.29. The topological polar surface area (TPSA) is 27.7 Å². The van der Waals surface area contributed by atoms with Crippen LogP contribution in [0.5, 0.6) is 0 Å². The number of rotatable bonds is 10. The van der Waals surface area contributed by atoms with Crippen LogP contribution in [0, 0.1) is 0 Å². The smallest absolute Gasteiger partial charge is 0.135 e. The Labute approximate surface area is 230 Å². The van der Waals surface area contributed by atoms with E-state index in [9.17, 15) is 0 Å². The molecule has 3 aromatic rings. The van der Waals surface area contributed by atoms with Crippen LogP contribution in [0.1, 0.15) is 17.2 Å². The maximum atomic E-state index is 6.98. The number of hydrogen-bond acceptors (Lipinski definition) is 4. The highest BCUT2D eigenvalue weighted by atomic mass is 35.5. The number of para-hydroxylation sites is 1. The number of hydrogen-bond donors (Lipinski definition) is 1. The summed E-state index contributed by atoms with van der Waals surface area (Å²) in [5.74, 6) is 0. The first kappa shape index (κ1) is 26.3. The number of halogens is 5. The second-order valence-corrected chi connectivity index (χ2v) is 10.2. The van der Waals surface area contributed by atoms with Crippen molar-refractivity contribution in [1.29, 1.82) is 0 Å². The molecule has 0 saturated carbocycles. The lowest BCUT2D eigenvalue weighted by molar-refractivity contribution is 0.00698. The molecule has 184 valence electrons. The predicted octanol–water partition coefficient (Wildman–Crippen LogP) is 8.28. The molecular formula is C26H24Cl5N3O. The van der Waals surface area contributed by atoms with Crippen molar-refractivity contribution >= 4 is 63.7 Å². The Bertz CT molecular complexity index is 1160. The summed E-state index contributed by atoms with van der Waals surface area (Å²) in [5, 5.41) is 5.85. The van der Waals surface area contributed by atoms with E-state index in [1.807, 2.05) is 71.9 Å². The van der Waals surface area contributed by atoms with E-state index in [0.717, 1.165) is 29.9 Å². The average molecular weight is 572 g/mol. The molecule has 1 aliphatic heterocycles. The summed E-state index contributed by atoms with van der Waals surface area (Å²) < 4.78 is 6.31. The second kappa shape index (κ2) is 12.4. The molecule has 0 aromatic heterocycles. The van der Waals surface area contributed by atoms with Gasteiger partial charge >= 0.3 is 0 Å². The Morgan fingerprint density at radius 3 is 2.34 bits per heavy atom. The van der Waals surface area contributed by atoms with Gasteiger partial charge in [-0.25, -0.2) is 0 Å². The summed E-state index contributed by atoms with van der Waals surface area (Å²) >= 11 is 31.7. The monoisotopic (exact) mass is 569 g/mol. The van der Waals surface area contributed by atoms with E-state index in [4.69, 9.17) is 62.7 Å². The Balaban J connectivity index is 1.39. The van der Waals surface area contributed by atoms with Crippen LogP contribution < -0.4 is 5.32 Å². The Hall–Kier alpha value is -1.79. The molecule has 1 N–H and O–H groups in total. The van der Waals surface area contributed by atoms with Crippen LogP contribution in [-0.4, -0.2) is 35.1 Å². The van der Waals surface area contributed by atoms with E-state index in [1.165, 1.54) is 0 Å². The van der Waals surface area contributed by atoms with Crippen LogP contribution in [0.3, 0.4) is 0 Å². The minimum absolute atomic E-state index is 0.287. The van der Waals surface area contributed by atoms with Gasteiger partial charge in [0.15, 0.2) is 0 Å². The van der Waals surface area contributed by atoms with Crippen molar-refractivity contribution in [3.63, 3.8) is 0 Å². The molecule has 9 heteroatoms. The second-order valence-electron chi connectivity index (χ2n) is 8.06. The summed E-state index contributed by atoms with van der Waals surface area (Å²) in [6.07, 6.45) is 3.58. The first-order valence-electron chi connectivity index (χ1n) is 11.0. The predicted molar refractivity (Wildman–Crippen MR) is 148 cm³/mol. The average Bonchev–Trinajstić information content (AvgIpc) is 3.31. The van der Waals surface area contributed by atoms with Crippen molar-refractivity contribution in [2.45, 2.75) is 18.2 Å². The zero-order chi connectivity index (χ0) is 24.8. The van der Waals surface area contributed by atoms with Gasteiger partial charge in [-0.3, -0.25) is 0 Å². The normalized spacial score (nSPS) is 14.9. The van der Waals surface area contributed by atoms with Crippen LogP contribution in [0.2, 0.25) is 20.1 Å². The summed E-state index contributed by atoms with van der Waals surface area (Å²) in [5.41, 5.74) is 2.22. The van der Waals surface area contributed by atoms with Gasteiger partial charge in [-0.1, -0.05) is 88.3 Å². The molecule has 0 fully saturated rings. The zero-order valence-corrected chi connectivity index (χ0v) is 22.5. The molecule has 0 saturated heterocycles. The molecule has 0 amide bonds. The number of benzene rings is 3. The molecule has 0 spiro atoms. The molecule has 3 aromatic carbocycles. The molecule has 2 unspecified atom stereocenters. The van der Waals surface area contributed by atoms with Gasteiger partial charge in [0.2, 0.25) is 0 Å². The Morgan fingerprint density at radius 1 is 0.857 bits per heavy atom. The summed E-state index contributed by atoms with van der Waals surface area (Å²) in [6, 6.07) is 20.6. The van der Waals surface area contributed by atoms with Crippen molar-refractivity contribution in [3.05, 3.63) is 110 Å². The largest absolute Gasteiger partial charge is 0.382 e. The van der Waals surface area contributed by atoms with E-state index in [0.29, 0.717) is 26.8 Å². The highest BCUT2D eigenvalue weighted by molar-refractivity contribution is 6.35. The number of ether oxygens (including phenoxy) is 1. The number of nitrogens with one attached hydrogen (secondary N) is 1. The maximum absolute atomic E-state index is 6.98. The van der Waals surface area contributed by atoms with Gasteiger partial charge in [0.05, 0.1) is 24.0 Å². The van der Waals surface area contributed by atoms with Gasteiger partial charge in [0.25, 0.3) is 0 Å². The maximum Gasteiger partial charge on any atom is 0.135 e. The van der Waals surface area contributed by atoms with Crippen LogP contribution in [-0.2, 0) is 11.3 Å². The molecule has 35 heavy (non-hydrogen) atoms. The van der Waals surface area contributed by atoms with Gasteiger partial charge in [-0.2, -0.15) is 0 Å². The lowest BCUT2D eigenvalue weighted by Crippen LogP contribution is -2.36. The minimum atomic E-state index is -0.458. The van der Waals surface area contributed by atoms with Gasteiger partial charge < -0.3 is 19.9 Å². The SMILES string of the molecule is Clc1ccc(C(OCc2ccc(Cl)cc2Cl)C(Cl)N2C=CN(CCNc3ccccc3Cl)C2)cc1. The van der Waals surface area contributed by atoms with Crippen LogP contribution in [0.4, 0.5) is 5.69 Å². The Morgan fingerprint density at radius 2 is 1.60 bits per heavy atom. The quantitative estimate of drug-likeness (QED) is 0.196. The van der Waals surface area contributed by atoms with Crippen LogP contribution >= 0.6 is 58.0 Å².